The fourth-order valence-electron chi connectivity index (χ4n) is 0.909. The van der Waals surface area contributed by atoms with Gasteiger partial charge in [-0.2, -0.15) is 0 Å². The summed E-state index contributed by atoms with van der Waals surface area (Å²) in [5.41, 5.74) is 1.77. The van der Waals surface area contributed by atoms with Crippen molar-refractivity contribution in [3.63, 3.8) is 0 Å². The first-order valence-electron chi connectivity index (χ1n) is 3.10. The van der Waals surface area contributed by atoms with E-state index in [4.69, 9.17) is 0 Å². The molecule has 0 saturated carbocycles. The summed E-state index contributed by atoms with van der Waals surface area (Å²) in [4.78, 5) is 11.0. The quantitative estimate of drug-likeness (QED) is 0.479. The van der Waals surface area contributed by atoms with Crippen LogP contribution < -0.4 is 0 Å². The fourth-order valence-corrected chi connectivity index (χ4v) is 0.909. The maximum atomic E-state index is 11.0. The van der Waals surface area contributed by atoms with E-state index in [1.807, 2.05) is 26.0 Å². The molecule has 0 bridgehead atoms. The predicted octanol–water partition coefficient (Wildman–Crippen LogP) is 1.85. The molecule has 0 spiro atoms. The van der Waals surface area contributed by atoms with Crippen LogP contribution in [0.15, 0.2) is 23.3 Å². The number of hydrogen-bond donors (Lipinski definition) is 0. The number of carbonyl (C=O) groups excluding carboxylic acids is 1. The Morgan fingerprint density at radius 2 is 1.67 bits per heavy atom. The second-order valence-corrected chi connectivity index (χ2v) is 2.34. The summed E-state index contributed by atoms with van der Waals surface area (Å²) in [6.07, 6.45) is 4.83. The van der Waals surface area contributed by atoms with Gasteiger partial charge < -0.3 is 0 Å². The van der Waals surface area contributed by atoms with Crippen molar-refractivity contribution in [1.82, 2.24) is 0 Å². The Morgan fingerprint density at radius 3 is 2.00 bits per heavy atom. The molecule has 0 heterocycles. The zero-order valence-corrected chi connectivity index (χ0v) is 5.77. The summed E-state index contributed by atoms with van der Waals surface area (Å²) in [5.74, 6) is 0.196. The minimum Gasteiger partial charge on any atom is -0.289 e. The first kappa shape index (κ1) is 6.27. The molecule has 9 heavy (non-hydrogen) atoms. The third kappa shape index (κ3) is 1.10. The standard InChI is InChI=1S/C8H10O/c1-6-4-3-5-7(2)8(6)9/h4-5H,3H2,1-2H3. The monoisotopic (exact) mass is 122 g/mol. The van der Waals surface area contributed by atoms with E-state index in [1.165, 1.54) is 0 Å². The Bertz CT molecular complexity index is 177. The van der Waals surface area contributed by atoms with Crippen LogP contribution in [0.1, 0.15) is 20.3 Å². The molecule has 0 unspecified atom stereocenters. The highest BCUT2D eigenvalue weighted by Crippen LogP contribution is 2.12. The van der Waals surface area contributed by atoms with Gasteiger partial charge in [-0.15, -0.1) is 0 Å². The minimum atomic E-state index is 0.196. The van der Waals surface area contributed by atoms with E-state index in [9.17, 15) is 4.79 Å². The Balaban J connectivity index is 2.86. The lowest BCUT2D eigenvalue weighted by molar-refractivity contribution is -0.112. The van der Waals surface area contributed by atoms with E-state index in [1.54, 1.807) is 0 Å². The summed E-state index contributed by atoms with van der Waals surface area (Å²) in [6, 6.07) is 0. The van der Waals surface area contributed by atoms with Crippen LogP contribution in [0.5, 0.6) is 0 Å². The van der Waals surface area contributed by atoms with Crippen LogP contribution in [0.2, 0.25) is 0 Å². The van der Waals surface area contributed by atoms with Gasteiger partial charge in [-0.3, -0.25) is 4.79 Å². The summed E-state index contributed by atoms with van der Waals surface area (Å²) in [5, 5.41) is 0. The van der Waals surface area contributed by atoms with E-state index in [-0.39, 0.29) is 5.78 Å². The zero-order chi connectivity index (χ0) is 6.85. The second kappa shape index (κ2) is 2.18. The lowest BCUT2D eigenvalue weighted by atomic mass is 10.00. The molecule has 1 heteroatoms. The molecular weight excluding hydrogens is 112 g/mol. The molecule has 0 aliphatic heterocycles. The number of allylic oxidation sites excluding steroid dienone is 4. The second-order valence-electron chi connectivity index (χ2n) is 2.34. The SMILES string of the molecule is CC1=CCC=C(C)C1=O. The third-order valence-corrected chi connectivity index (χ3v) is 1.56. The van der Waals surface area contributed by atoms with Gasteiger partial charge >= 0.3 is 0 Å². The molecule has 0 saturated heterocycles. The van der Waals surface area contributed by atoms with Gasteiger partial charge in [0.2, 0.25) is 0 Å². The zero-order valence-electron chi connectivity index (χ0n) is 5.77. The third-order valence-electron chi connectivity index (χ3n) is 1.56. The molecule has 48 valence electrons. The predicted molar refractivity (Wildman–Crippen MR) is 37.1 cm³/mol. The highest BCUT2D eigenvalue weighted by atomic mass is 16.1. The smallest absolute Gasteiger partial charge is 0.183 e. The van der Waals surface area contributed by atoms with Crippen molar-refractivity contribution in [2.24, 2.45) is 0 Å². The Hall–Kier alpha value is -0.850. The van der Waals surface area contributed by atoms with Crippen LogP contribution >= 0.6 is 0 Å². The molecule has 1 aliphatic carbocycles. The van der Waals surface area contributed by atoms with Crippen LogP contribution in [0.4, 0.5) is 0 Å². The van der Waals surface area contributed by atoms with Crippen LogP contribution in [0.3, 0.4) is 0 Å². The number of carbonyl (C=O) groups is 1. The molecule has 1 rings (SSSR count). The van der Waals surface area contributed by atoms with Crippen molar-refractivity contribution >= 4 is 5.78 Å². The lowest BCUT2D eigenvalue weighted by Gasteiger charge is -2.04. The highest BCUT2D eigenvalue weighted by molar-refractivity contribution is 6.08. The number of rotatable bonds is 0. The van der Waals surface area contributed by atoms with Crippen molar-refractivity contribution in [1.29, 1.82) is 0 Å². The molecule has 0 N–H and O–H groups in total. The Morgan fingerprint density at radius 1 is 1.22 bits per heavy atom. The minimum absolute atomic E-state index is 0.196. The van der Waals surface area contributed by atoms with Gasteiger partial charge in [0.05, 0.1) is 0 Å². The summed E-state index contributed by atoms with van der Waals surface area (Å²) < 4.78 is 0. The van der Waals surface area contributed by atoms with Crippen LogP contribution in [-0.2, 0) is 4.79 Å². The molecule has 0 radical (unpaired) electrons. The first-order valence-corrected chi connectivity index (χ1v) is 3.10. The van der Waals surface area contributed by atoms with Gasteiger partial charge in [-0.1, -0.05) is 12.2 Å². The van der Waals surface area contributed by atoms with Gasteiger partial charge in [-0.25, -0.2) is 0 Å². The van der Waals surface area contributed by atoms with Crippen molar-refractivity contribution in [2.75, 3.05) is 0 Å². The Kier molecular flexibility index (Phi) is 1.52. The molecule has 0 fully saturated rings. The van der Waals surface area contributed by atoms with E-state index in [0.29, 0.717) is 0 Å². The lowest BCUT2D eigenvalue weighted by Crippen LogP contribution is -2.03. The van der Waals surface area contributed by atoms with E-state index in [2.05, 4.69) is 0 Å². The summed E-state index contributed by atoms with van der Waals surface area (Å²) >= 11 is 0. The molecular formula is C8H10O. The van der Waals surface area contributed by atoms with Gasteiger partial charge in [0, 0.05) is 0 Å². The fraction of sp³-hybridized carbons (Fsp3) is 0.375. The molecule has 0 aromatic carbocycles. The van der Waals surface area contributed by atoms with Crippen molar-refractivity contribution < 1.29 is 4.79 Å². The van der Waals surface area contributed by atoms with E-state index in [0.717, 1.165) is 17.6 Å². The van der Waals surface area contributed by atoms with Gasteiger partial charge in [0.15, 0.2) is 5.78 Å². The maximum absolute atomic E-state index is 11.0. The molecule has 0 atom stereocenters. The molecule has 0 aromatic rings. The molecule has 1 aliphatic rings. The van der Waals surface area contributed by atoms with Gasteiger partial charge in [0.25, 0.3) is 0 Å². The van der Waals surface area contributed by atoms with Crippen molar-refractivity contribution in [2.45, 2.75) is 20.3 Å². The van der Waals surface area contributed by atoms with Crippen molar-refractivity contribution in [3.05, 3.63) is 23.3 Å². The number of ketones is 1. The molecule has 0 aromatic heterocycles. The topological polar surface area (TPSA) is 17.1 Å². The molecule has 1 nitrogen and oxygen atoms in total. The Labute approximate surface area is 55.1 Å². The average Bonchev–Trinajstić information content (AvgIpc) is 1.83. The van der Waals surface area contributed by atoms with Gasteiger partial charge in [0.1, 0.15) is 0 Å². The summed E-state index contributed by atoms with van der Waals surface area (Å²) in [7, 11) is 0. The maximum Gasteiger partial charge on any atom is 0.183 e. The van der Waals surface area contributed by atoms with E-state index < -0.39 is 0 Å². The first-order chi connectivity index (χ1) is 4.22. The average molecular weight is 122 g/mol. The largest absolute Gasteiger partial charge is 0.289 e. The summed E-state index contributed by atoms with van der Waals surface area (Å²) in [6.45, 7) is 3.72. The number of Topliss-reactive ketones (excluding diaryl/α,β-unsaturated/α-hetero) is 1. The normalized spacial score (nSPS) is 19.1. The van der Waals surface area contributed by atoms with Crippen LogP contribution in [0, 0.1) is 0 Å². The van der Waals surface area contributed by atoms with Crippen LogP contribution in [-0.4, -0.2) is 5.78 Å². The van der Waals surface area contributed by atoms with Gasteiger partial charge in [-0.05, 0) is 31.4 Å². The number of hydrogen-bond acceptors (Lipinski definition) is 1. The van der Waals surface area contributed by atoms with Crippen LogP contribution in [0.25, 0.3) is 0 Å². The highest BCUT2D eigenvalue weighted by Gasteiger charge is 2.08. The van der Waals surface area contributed by atoms with Crippen molar-refractivity contribution in [3.8, 4) is 0 Å². The van der Waals surface area contributed by atoms with E-state index >= 15 is 0 Å². The molecule has 0 amide bonds.